The molecule has 0 N–H and O–H groups in total. The summed E-state index contributed by atoms with van der Waals surface area (Å²) in [5.74, 6) is -0.547. The number of amides is 1. The van der Waals surface area contributed by atoms with E-state index in [1.165, 1.54) is 23.1 Å². The second kappa shape index (κ2) is 7.33. The monoisotopic (exact) mass is 445 g/mol. The second-order valence-corrected chi connectivity index (χ2v) is 10.5. The lowest BCUT2D eigenvalue weighted by Crippen LogP contribution is -2.40. The maximum atomic E-state index is 14.0. The van der Waals surface area contributed by atoms with Crippen LogP contribution in [0.4, 0.5) is 9.18 Å². The molecule has 1 aliphatic rings. The summed E-state index contributed by atoms with van der Waals surface area (Å²) in [5.41, 5.74) is 1.47. The van der Waals surface area contributed by atoms with E-state index in [9.17, 15) is 17.6 Å². The summed E-state index contributed by atoms with van der Waals surface area (Å²) in [6.45, 7) is 7.53. The van der Waals surface area contributed by atoms with Crippen LogP contribution in [0.2, 0.25) is 0 Å². The van der Waals surface area contributed by atoms with Gasteiger partial charge in [-0.15, -0.1) is 0 Å². The fourth-order valence-corrected chi connectivity index (χ4v) is 5.25. The highest BCUT2D eigenvalue weighted by Crippen LogP contribution is 2.34. The lowest BCUT2D eigenvalue weighted by Gasteiger charge is -2.30. The molecule has 0 unspecified atom stereocenters. The molecule has 0 fully saturated rings. The van der Waals surface area contributed by atoms with Crippen molar-refractivity contribution in [2.75, 3.05) is 6.54 Å². The van der Waals surface area contributed by atoms with Crippen molar-refractivity contribution in [1.29, 1.82) is 0 Å². The summed E-state index contributed by atoms with van der Waals surface area (Å²) in [7, 11) is -4.02. The van der Waals surface area contributed by atoms with E-state index >= 15 is 0 Å². The number of carbonyl (C=O) groups excluding carboxylic acids is 1. The number of hydrogen-bond acceptors (Lipinski definition) is 5. The van der Waals surface area contributed by atoms with Crippen molar-refractivity contribution in [3.8, 4) is 0 Å². The van der Waals surface area contributed by atoms with E-state index in [1.54, 1.807) is 32.9 Å². The number of rotatable bonds is 2. The van der Waals surface area contributed by atoms with Crippen LogP contribution in [0.3, 0.4) is 0 Å². The molecule has 9 heteroatoms. The van der Waals surface area contributed by atoms with Crippen LogP contribution in [0.5, 0.6) is 0 Å². The van der Waals surface area contributed by atoms with Crippen LogP contribution in [0.1, 0.15) is 37.6 Å². The van der Waals surface area contributed by atoms with Crippen LogP contribution in [-0.2, 0) is 27.7 Å². The first-order valence-corrected chi connectivity index (χ1v) is 11.4. The zero-order valence-corrected chi connectivity index (χ0v) is 18.7. The Balaban J connectivity index is 1.88. The van der Waals surface area contributed by atoms with Gasteiger partial charge in [-0.05, 0) is 57.9 Å². The van der Waals surface area contributed by atoms with Crippen LogP contribution >= 0.6 is 0 Å². The minimum Gasteiger partial charge on any atom is -0.444 e. The molecule has 4 rings (SSSR count). The van der Waals surface area contributed by atoms with Gasteiger partial charge in [-0.1, -0.05) is 17.7 Å². The molecule has 3 aromatic rings. The van der Waals surface area contributed by atoms with Gasteiger partial charge in [0.05, 0.1) is 23.3 Å². The van der Waals surface area contributed by atoms with Crippen LogP contribution in [-0.4, -0.2) is 40.5 Å². The molecule has 0 bridgehead atoms. The SMILES string of the molecule is Cc1ccc(S(=O)(=O)n2c3c(c4cc(F)cnc42)CCN(C(=O)OC(C)(C)C)C3)cc1. The van der Waals surface area contributed by atoms with Crippen molar-refractivity contribution in [2.24, 2.45) is 0 Å². The number of fused-ring (bicyclic) bond motifs is 3. The number of hydrogen-bond donors (Lipinski definition) is 0. The number of pyridine rings is 1. The van der Waals surface area contributed by atoms with Crippen molar-refractivity contribution >= 4 is 27.1 Å². The highest BCUT2D eigenvalue weighted by molar-refractivity contribution is 7.90. The third-order valence-corrected chi connectivity index (χ3v) is 6.87. The summed E-state index contributed by atoms with van der Waals surface area (Å²) in [6, 6.07) is 7.78. The lowest BCUT2D eigenvalue weighted by molar-refractivity contribution is 0.0221. The van der Waals surface area contributed by atoms with E-state index in [0.29, 0.717) is 29.6 Å². The fourth-order valence-electron chi connectivity index (χ4n) is 3.72. The smallest absolute Gasteiger partial charge is 0.410 e. The van der Waals surface area contributed by atoms with Gasteiger partial charge < -0.3 is 9.64 Å². The molecule has 164 valence electrons. The number of benzene rings is 1. The van der Waals surface area contributed by atoms with Gasteiger partial charge in [0.1, 0.15) is 11.4 Å². The van der Waals surface area contributed by atoms with Crippen LogP contribution < -0.4 is 0 Å². The Bertz CT molecular complexity index is 1270. The molecule has 0 saturated carbocycles. The molecule has 0 saturated heterocycles. The number of nitrogens with zero attached hydrogens (tertiary/aromatic N) is 3. The summed E-state index contributed by atoms with van der Waals surface area (Å²) < 4.78 is 47.7. The maximum absolute atomic E-state index is 14.0. The zero-order valence-electron chi connectivity index (χ0n) is 17.8. The van der Waals surface area contributed by atoms with Gasteiger partial charge in [-0.3, -0.25) is 0 Å². The molecule has 31 heavy (non-hydrogen) atoms. The molecule has 3 heterocycles. The number of halogens is 1. The molecule has 2 aromatic heterocycles. The van der Waals surface area contributed by atoms with Gasteiger partial charge in [-0.25, -0.2) is 26.6 Å². The molecule has 0 atom stereocenters. The lowest BCUT2D eigenvalue weighted by atomic mass is 10.0. The van der Waals surface area contributed by atoms with Gasteiger partial charge in [0.2, 0.25) is 0 Å². The first-order valence-electron chi connectivity index (χ1n) is 9.95. The standard InChI is InChI=1S/C22H24FN3O4S/c1-14-5-7-16(8-6-14)31(28,29)26-19-13-25(21(27)30-22(2,3)4)10-9-17(19)18-11-15(23)12-24-20(18)26/h5-8,11-12H,9-10,13H2,1-4H3. The Morgan fingerprint density at radius 1 is 1.19 bits per heavy atom. The average Bonchev–Trinajstić information content (AvgIpc) is 3.00. The molecule has 7 nitrogen and oxygen atoms in total. The van der Waals surface area contributed by atoms with Gasteiger partial charge in [0, 0.05) is 11.9 Å². The molecule has 1 aliphatic heterocycles. The number of aryl methyl sites for hydroxylation is 1. The Morgan fingerprint density at radius 3 is 2.52 bits per heavy atom. The van der Waals surface area contributed by atoms with Crippen molar-refractivity contribution in [3.63, 3.8) is 0 Å². The highest BCUT2D eigenvalue weighted by Gasteiger charge is 2.34. The van der Waals surface area contributed by atoms with Crippen molar-refractivity contribution in [2.45, 2.75) is 51.2 Å². The molecule has 0 aliphatic carbocycles. The summed E-state index contributed by atoms with van der Waals surface area (Å²) >= 11 is 0. The quantitative estimate of drug-likeness (QED) is 0.595. The van der Waals surface area contributed by atoms with Gasteiger partial charge in [-0.2, -0.15) is 0 Å². The zero-order chi connectivity index (χ0) is 22.6. The van der Waals surface area contributed by atoms with Crippen molar-refractivity contribution < 1.29 is 22.3 Å². The Hall–Kier alpha value is -2.94. The third-order valence-electron chi connectivity index (χ3n) is 5.13. The third kappa shape index (κ3) is 3.89. The second-order valence-electron chi connectivity index (χ2n) is 8.68. The number of aromatic nitrogens is 2. The van der Waals surface area contributed by atoms with E-state index in [4.69, 9.17) is 4.74 Å². The number of ether oxygens (including phenoxy) is 1. The molecular formula is C22H24FN3O4S. The average molecular weight is 446 g/mol. The highest BCUT2D eigenvalue weighted by atomic mass is 32.2. The number of carbonyl (C=O) groups is 1. The predicted molar refractivity (Wildman–Crippen MR) is 114 cm³/mol. The topological polar surface area (TPSA) is 81.5 Å². The predicted octanol–water partition coefficient (Wildman–Crippen LogP) is 4.01. The Labute approximate surface area is 180 Å². The van der Waals surface area contributed by atoms with Gasteiger partial charge in [0.25, 0.3) is 10.0 Å². The molecule has 0 spiro atoms. The van der Waals surface area contributed by atoms with E-state index < -0.39 is 27.5 Å². The van der Waals surface area contributed by atoms with Crippen molar-refractivity contribution in [3.05, 3.63) is 59.2 Å². The Kier molecular flexibility index (Phi) is 5.04. The van der Waals surface area contributed by atoms with E-state index in [-0.39, 0.29) is 17.1 Å². The molecular weight excluding hydrogens is 421 g/mol. The van der Waals surface area contributed by atoms with E-state index in [0.717, 1.165) is 15.7 Å². The minimum absolute atomic E-state index is 0.0211. The normalized spacial score (nSPS) is 14.5. The van der Waals surface area contributed by atoms with Gasteiger partial charge in [0.15, 0.2) is 5.65 Å². The van der Waals surface area contributed by atoms with E-state index in [2.05, 4.69) is 4.98 Å². The fraction of sp³-hybridized carbons (Fsp3) is 0.364. The summed E-state index contributed by atoms with van der Waals surface area (Å²) in [5, 5.41) is 0.439. The van der Waals surface area contributed by atoms with Crippen LogP contribution in [0.25, 0.3) is 11.0 Å². The molecule has 1 amide bonds. The Morgan fingerprint density at radius 2 is 1.87 bits per heavy atom. The largest absolute Gasteiger partial charge is 0.444 e. The molecule has 0 radical (unpaired) electrons. The van der Waals surface area contributed by atoms with Gasteiger partial charge >= 0.3 is 6.09 Å². The first kappa shape index (κ1) is 21.3. The molecule has 1 aromatic carbocycles. The first-order chi connectivity index (χ1) is 14.5. The summed E-state index contributed by atoms with van der Waals surface area (Å²) in [6.07, 6.45) is 0.842. The maximum Gasteiger partial charge on any atom is 0.410 e. The van der Waals surface area contributed by atoms with Crippen LogP contribution in [0, 0.1) is 12.7 Å². The van der Waals surface area contributed by atoms with E-state index in [1.807, 2.05) is 6.92 Å². The van der Waals surface area contributed by atoms with Crippen LogP contribution in [0.15, 0.2) is 41.4 Å². The summed E-state index contributed by atoms with van der Waals surface area (Å²) in [4.78, 5) is 18.3. The van der Waals surface area contributed by atoms with Crippen molar-refractivity contribution in [1.82, 2.24) is 13.9 Å². The minimum atomic E-state index is -4.02.